The van der Waals surface area contributed by atoms with Crippen LogP contribution in [0.2, 0.25) is 0 Å². The zero-order valence-corrected chi connectivity index (χ0v) is 19.4. The van der Waals surface area contributed by atoms with Gasteiger partial charge in [-0.3, -0.25) is 4.79 Å². The third-order valence-corrected chi connectivity index (χ3v) is 4.55. The predicted molar refractivity (Wildman–Crippen MR) is 127 cm³/mol. The molecule has 0 aliphatic rings. The zero-order chi connectivity index (χ0) is 24.8. The number of carbonyl (C=O) groups is 1. The van der Waals surface area contributed by atoms with Gasteiger partial charge >= 0.3 is 5.97 Å². The highest BCUT2D eigenvalue weighted by atomic mass is 16.5. The highest BCUT2D eigenvalue weighted by Gasteiger charge is 2.31. The summed E-state index contributed by atoms with van der Waals surface area (Å²) in [4.78, 5) is 10.2. The van der Waals surface area contributed by atoms with Crippen molar-refractivity contribution in [1.82, 2.24) is 0 Å². The summed E-state index contributed by atoms with van der Waals surface area (Å²) in [6, 6.07) is 15.9. The van der Waals surface area contributed by atoms with Crippen molar-refractivity contribution in [2.24, 2.45) is 10.8 Å². The number of rotatable bonds is 8. The minimum absolute atomic E-state index is 0.0747. The van der Waals surface area contributed by atoms with E-state index < -0.39 is 24.6 Å². The second kappa shape index (κ2) is 14.4. The van der Waals surface area contributed by atoms with E-state index in [1.807, 2.05) is 62.4 Å². The zero-order valence-electron chi connectivity index (χ0n) is 19.4. The largest absolute Gasteiger partial charge is 0.481 e. The number of ether oxygens (including phenoxy) is 1. The van der Waals surface area contributed by atoms with Gasteiger partial charge in [0.1, 0.15) is 5.41 Å². The van der Waals surface area contributed by atoms with E-state index in [1.54, 1.807) is 7.11 Å². The van der Waals surface area contributed by atoms with Gasteiger partial charge in [0.25, 0.3) is 0 Å². The number of carboxylic acids is 1. The summed E-state index contributed by atoms with van der Waals surface area (Å²) in [6.45, 7) is 4.89. The Bertz CT molecular complexity index is 729. The Hall–Kier alpha value is -2.65. The lowest BCUT2D eigenvalue weighted by Crippen LogP contribution is -2.35. The van der Waals surface area contributed by atoms with Gasteiger partial charge in [0.2, 0.25) is 0 Å². The summed E-state index contributed by atoms with van der Waals surface area (Å²) >= 11 is 0. The minimum Gasteiger partial charge on any atom is -0.481 e. The van der Waals surface area contributed by atoms with Crippen LogP contribution in [0, 0.1) is 10.8 Å². The molecule has 0 atom stereocenters. The van der Waals surface area contributed by atoms with Gasteiger partial charge in [0.15, 0.2) is 0 Å². The number of benzene rings is 2. The number of aliphatic hydroxyl groups excluding tert-OH is 3. The van der Waals surface area contributed by atoms with Crippen LogP contribution >= 0.6 is 0 Å². The van der Waals surface area contributed by atoms with E-state index in [-0.39, 0.29) is 12.0 Å². The molecule has 0 bridgehead atoms. The monoisotopic (exact) mass is 450 g/mol. The fourth-order valence-corrected chi connectivity index (χ4v) is 2.13. The molecule has 32 heavy (non-hydrogen) atoms. The van der Waals surface area contributed by atoms with Crippen LogP contribution in [0.3, 0.4) is 0 Å². The maximum atomic E-state index is 10.2. The van der Waals surface area contributed by atoms with Gasteiger partial charge in [-0.2, -0.15) is 0 Å². The number of aliphatic hydroxyl groups is 3. The van der Waals surface area contributed by atoms with Crippen LogP contribution in [0.15, 0.2) is 48.5 Å². The molecule has 0 radical (unpaired) electrons. The third-order valence-electron chi connectivity index (χ3n) is 4.55. The SMILES string of the molecule is CC(CO)(CO)C(=O)O.COCC(C)(C)CO.Nc1ccc(Cc2ccc(N)cc2)cc1. The summed E-state index contributed by atoms with van der Waals surface area (Å²) in [5.74, 6) is -1.19. The topological polar surface area (TPSA) is 159 Å². The van der Waals surface area contributed by atoms with Crippen LogP contribution in [-0.4, -0.2) is 59.9 Å². The van der Waals surface area contributed by atoms with Crippen LogP contribution in [0.4, 0.5) is 11.4 Å². The van der Waals surface area contributed by atoms with Crippen LogP contribution in [-0.2, 0) is 16.0 Å². The molecule has 0 saturated carbocycles. The fourth-order valence-electron chi connectivity index (χ4n) is 2.13. The standard InChI is InChI=1S/C13H14N2.C6H14O2.C5H10O4/c14-12-5-1-10(2-6-12)9-11-3-7-13(15)8-4-11;1-6(2,4-7)5-8-3;1-5(2-6,3-7)4(8)9/h1-8H,9,14-15H2;7H,4-5H2,1-3H3;6-7H,2-3H2,1H3,(H,8,9). The van der Waals surface area contributed by atoms with E-state index in [4.69, 9.17) is 36.6 Å². The quantitative estimate of drug-likeness (QED) is 0.334. The summed E-state index contributed by atoms with van der Waals surface area (Å²) in [5, 5.41) is 33.8. The molecule has 0 amide bonds. The number of anilines is 2. The number of nitrogen functional groups attached to an aromatic ring is 2. The molecule has 180 valence electrons. The number of hydrogen-bond acceptors (Lipinski definition) is 7. The van der Waals surface area contributed by atoms with Crippen molar-refractivity contribution in [1.29, 1.82) is 0 Å². The molecule has 2 aromatic rings. The van der Waals surface area contributed by atoms with Crippen molar-refractivity contribution < 1.29 is 30.0 Å². The molecule has 0 spiro atoms. The van der Waals surface area contributed by atoms with Crippen LogP contribution in [0.5, 0.6) is 0 Å². The Morgan fingerprint density at radius 2 is 1.19 bits per heavy atom. The van der Waals surface area contributed by atoms with Gasteiger partial charge in [0.05, 0.1) is 26.4 Å². The van der Waals surface area contributed by atoms with E-state index in [2.05, 4.69) is 0 Å². The van der Waals surface area contributed by atoms with Gasteiger partial charge in [-0.05, 0) is 48.7 Å². The highest BCUT2D eigenvalue weighted by Crippen LogP contribution is 2.14. The molecular weight excluding hydrogens is 412 g/mol. The van der Waals surface area contributed by atoms with Crippen molar-refractivity contribution in [3.63, 3.8) is 0 Å². The van der Waals surface area contributed by atoms with E-state index in [0.717, 1.165) is 17.8 Å². The minimum atomic E-state index is -1.39. The summed E-state index contributed by atoms with van der Waals surface area (Å²) < 4.78 is 4.84. The molecule has 0 fully saturated rings. The molecule has 0 aliphatic heterocycles. The Kier molecular flexibility index (Phi) is 13.2. The molecule has 0 aliphatic carbocycles. The lowest BCUT2D eigenvalue weighted by atomic mass is 9.94. The average Bonchev–Trinajstić information content (AvgIpc) is 2.77. The number of aliphatic carboxylic acids is 1. The second-order valence-corrected chi connectivity index (χ2v) is 8.60. The summed E-state index contributed by atoms with van der Waals surface area (Å²) in [7, 11) is 1.64. The van der Waals surface area contributed by atoms with Crippen molar-refractivity contribution in [2.45, 2.75) is 27.2 Å². The number of carboxylic acid groups (broad SMARTS) is 1. The number of nitrogens with two attached hydrogens (primary N) is 2. The molecule has 8 N–H and O–H groups in total. The number of methoxy groups -OCH3 is 1. The Balaban J connectivity index is 0.000000490. The highest BCUT2D eigenvalue weighted by molar-refractivity contribution is 5.74. The predicted octanol–water partition coefficient (Wildman–Crippen LogP) is 2.16. The lowest BCUT2D eigenvalue weighted by Gasteiger charge is -2.19. The van der Waals surface area contributed by atoms with E-state index in [1.165, 1.54) is 18.1 Å². The third kappa shape index (κ3) is 11.7. The fraction of sp³-hybridized carbons (Fsp3) is 0.458. The first-order valence-electron chi connectivity index (χ1n) is 10.2. The first kappa shape index (κ1) is 29.4. The van der Waals surface area contributed by atoms with Crippen molar-refractivity contribution in [2.75, 3.05) is 45.0 Å². The molecule has 2 aromatic carbocycles. The Morgan fingerprint density at radius 1 is 0.812 bits per heavy atom. The molecule has 2 rings (SSSR count). The molecule has 8 heteroatoms. The van der Waals surface area contributed by atoms with Gasteiger partial charge in [-0.15, -0.1) is 0 Å². The molecule has 8 nitrogen and oxygen atoms in total. The van der Waals surface area contributed by atoms with E-state index in [0.29, 0.717) is 6.61 Å². The maximum Gasteiger partial charge on any atom is 0.314 e. The molecule has 0 heterocycles. The summed E-state index contributed by atoms with van der Waals surface area (Å²) in [6.07, 6.45) is 0.917. The second-order valence-electron chi connectivity index (χ2n) is 8.60. The van der Waals surface area contributed by atoms with E-state index in [9.17, 15) is 4.79 Å². The van der Waals surface area contributed by atoms with Crippen LogP contribution in [0.1, 0.15) is 31.9 Å². The molecule has 0 saturated heterocycles. The van der Waals surface area contributed by atoms with Gasteiger partial charge in [-0.25, -0.2) is 0 Å². The first-order valence-corrected chi connectivity index (χ1v) is 10.2. The lowest BCUT2D eigenvalue weighted by molar-refractivity contribution is -0.152. The summed E-state index contributed by atoms with van der Waals surface area (Å²) in [5.41, 5.74) is 13.9. The van der Waals surface area contributed by atoms with Crippen molar-refractivity contribution in [3.8, 4) is 0 Å². The van der Waals surface area contributed by atoms with Gasteiger partial charge in [0, 0.05) is 23.9 Å². The molecule has 0 unspecified atom stereocenters. The van der Waals surface area contributed by atoms with E-state index >= 15 is 0 Å². The number of hydrogen-bond donors (Lipinski definition) is 6. The normalized spacial score (nSPS) is 11.0. The van der Waals surface area contributed by atoms with Gasteiger partial charge < -0.3 is 36.6 Å². The Morgan fingerprint density at radius 3 is 1.38 bits per heavy atom. The average molecular weight is 451 g/mol. The maximum absolute atomic E-state index is 10.2. The molecular formula is C24H38N2O6. The van der Waals surface area contributed by atoms with Crippen LogP contribution in [0.25, 0.3) is 0 Å². The first-order chi connectivity index (χ1) is 14.9. The Labute approximate surface area is 190 Å². The van der Waals surface area contributed by atoms with Crippen LogP contribution < -0.4 is 11.5 Å². The smallest absolute Gasteiger partial charge is 0.314 e. The van der Waals surface area contributed by atoms with Gasteiger partial charge in [-0.1, -0.05) is 38.1 Å². The molecule has 0 aromatic heterocycles. The van der Waals surface area contributed by atoms with Crippen molar-refractivity contribution >= 4 is 17.3 Å². The van der Waals surface area contributed by atoms with Crippen molar-refractivity contribution in [3.05, 3.63) is 59.7 Å².